The molecule has 0 saturated carbocycles. The Kier molecular flexibility index (Phi) is 3.29. The zero-order valence-electron chi connectivity index (χ0n) is 9.24. The number of carbonyl (C=O) groups is 1. The third-order valence-electron chi connectivity index (χ3n) is 2.21. The van der Waals surface area contributed by atoms with Gasteiger partial charge in [-0.15, -0.1) is 0 Å². The highest BCUT2D eigenvalue weighted by molar-refractivity contribution is 5.74. The molecule has 1 aromatic rings. The first kappa shape index (κ1) is 11.5. The number of aryl methyl sites for hydroxylation is 1. The summed E-state index contributed by atoms with van der Waals surface area (Å²) >= 11 is 0. The summed E-state index contributed by atoms with van der Waals surface area (Å²) in [6, 6.07) is 3.71. The molecule has 0 fully saturated rings. The number of hydrogen-bond acceptors (Lipinski definition) is 3. The first-order chi connectivity index (χ1) is 6.92. The van der Waals surface area contributed by atoms with Crippen LogP contribution < -0.4 is 5.32 Å². The number of anilines is 1. The second kappa shape index (κ2) is 4.29. The van der Waals surface area contributed by atoms with Crippen molar-refractivity contribution in [3.05, 3.63) is 24.0 Å². The van der Waals surface area contributed by atoms with E-state index in [2.05, 4.69) is 10.3 Å². The summed E-state index contributed by atoms with van der Waals surface area (Å²) in [5, 5.41) is 12.0. The van der Waals surface area contributed by atoms with Crippen LogP contribution in [0.4, 0.5) is 5.69 Å². The topological polar surface area (TPSA) is 62.2 Å². The number of carboxylic acid groups (broad SMARTS) is 1. The van der Waals surface area contributed by atoms with E-state index in [-0.39, 0.29) is 0 Å². The van der Waals surface area contributed by atoms with Crippen LogP contribution in [0, 0.1) is 12.3 Å². The van der Waals surface area contributed by atoms with Crippen molar-refractivity contribution in [3.63, 3.8) is 0 Å². The van der Waals surface area contributed by atoms with E-state index in [1.54, 1.807) is 20.0 Å². The van der Waals surface area contributed by atoms with E-state index in [4.69, 9.17) is 5.11 Å². The van der Waals surface area contributed by atoms with Crippen molar-refractivity contribution < 1.29 is 9.90 Å². The summed E-state index contributed by atoms with van der Waals surface area (Å²) in [6.45, 7) is 5.67. The molecule has 1 aromatic heterocycles. The molecular weight excluding hydrogens is 192 g/mol. The van der Waals surface area contributed by atoms with Crippen LogP contribution in [0.3, 0.4) is 0 Å². The van der Waals surface area contributed by atoms with Gasteiger partial charge in [0.2, 0.25) is 0 Å². The molecule has 0 bridgehead atoms. The van der Waals surface area contributed by atoms with Crippen LogP contribution in [0.1, 0.15) is 19.5 Å². The van der Waals surface area contributed by atoms with Gasteiger partial charge in [0.1, 0.15) is 0 Å². The minimum Gasteiger partial charge on any atom is -0.481 e. The predicted octanol–water partition coefficient (Wildman–Crippen LogP) is 1.91. The van der Waals surface area contributed by atoms with Gasteiger partial charge in [0, 0.05) is 24.1 Å². The number of nitrogens with one attached hydrogen (secondary N) is 1. The Balaban J connectivity index is 2.61. The van der Waals surface area contributed by atoms with Gasteiger partial charge in [-0.25, -0.2) is 0 Å². The Hall–Kier alpha value is -1.58. The van der Waals surface area contributed by atoms with Crippen molar-refractivity contribution in [1.29, 1.82) is 0 Å². The molecule has 0 aliphatic rings. The van der Waals surface area contributed by atoms with E-state index in [1.165, 1.54) is 0 Å². The van der Waals surface area contributed by atoms with Crippen molar-refractivity contribution in [2.75, 3.05) is 11.9 Å². The van der Waals surface area contributed by atoms with Crippen LogP contribution in [0.5, 0.6) is 0 Å². The number of aromatic nitrogens is 1. The monoisotopic (exact) mass is 208 g/mol. The van der Waals surface area contributed by atoms with Crippen LogP contribution in [0.25, 0.3) is 0 Å². The molecule has 4 nitrogen and oxygen atoms in total. The number of hydrogen-bond donors (Lipinski definition) is 2. The minimum atomic E-state index is -0.805. The van der Waals surface area contributed by atoms with Gasteiger partial charge >= 0.3 is 5.97 Å². The first-order valence-electron chi connectivity index (χ1n) is 4.82. The summed E-state index contributed by atoms with van der Waals surface area (Å²) in [7, 11) is 0. The Morgan fingerprint density at radius 1 is 1.60 bits per heavy atom. The minimum absolute atomic E-state index is 0.395. The standard InChI is InChI=1S/C11H16N2O2/c1-8-6-9(4-5-12-8)13-7-11(2,3)10(14)15/h4-6H,7H2,1-3H3,(H,12,13)(H,14,15). The number of aliphatic carboxylic acids is 1. The van der Waals surface area contributed by atoms with E-state index < -0.39 is 11.4 Å². The summed E-state index contributed by atoms with van der Waals surface area (Å²) in [6.07, 6.45) is 1.70. The van der Waals surface area contributed by atoms with Crippen molar-refractivity contribution in [2.24, 2.45) is 5.41 Å². The van der Waals surface area contributed by atoms with Crippen molar-refractivity contribution in [1.82, 2.24) is 4.98 Å². The SMILES string of the molecule is Cc1cc(NCC(C)(C)C(=O)O)ccn1. The highest BCUT2D eigenvalue weighted by atomic mass is 16.4. The largest absolute Gasteiger partial charge is 0.481 e. The van der Waals surface area contributed by atoms with E-state index in [9.17, 15) is 4.79 Å². The van der Waals surface area contributed by atoms with Crippen LogP contribution in [-0.4, -0.2) is 22.6 Å². The molecule has 0 aliphatic heterocycles. The molecule has 0 spiro atoms. The molecule has 0 saturated heterocycles. The van der Waals surface area contributed by atoms with Crippen LogP contribution in [0.15, 0.2) is 18.3 Å². The smallest absolute Gasteiger partial charge is 0.310 e. The first-order valence-corrected chi connectivity index (χ1v) is 4.82. The van der Waals surface area contributed by atoms with Crippen LogP contribution >= 0.6 is 0 Å². The quantitative estimate of drug-likeness (QED) is 0.793. The molecule has 0 aliphatic carbocycles. The van der Waals surface area contributed by atoms with Crippen molar-refractivity contribution in [3.8, 4) is 0 Å². The molecule has 0 radical (unpaired) electrons. The lowest BCUT2D eigenvalue weighted by Gasteiger charge is -2.20. The van der Waals surface area contributed by atoms with Gasteiger partial charge in [0.05, 0.1) is 5.41 Å². The van der Waals surface area contributed by atoms with Gasteiger partial charge in [-0.3, -0.25) is 9.78 Å². The Morgan fingerprint density at radius 3 is 2.80 bits per heavy atom. The molecule has 0 atom stereocenters. The fourth-order valence-electron chi connectivity index (χ4n) is 1.05. The molecule has 4 heteroatoms. The number of pyridine rings is 1. The molecule has 2 N–H and O–H groups in total. The predicted molar refractivity (Wildman–Crippen MR) is 58.9 cm³/mol. The van der Waals surface area contributed by atoms with Crippen molar-refractivity contribution >= 4 is 11.7 Å². The molecular formula is C11H16N2O2. The van der Waals surface area contributed by atoms with Gasteiger partial charge in [-0.2, -0.15) is 0 Å². The fraction of sp³-hybridized carbons (Fsp3) is 0.455. The van der Waals surface area contributed by atoms with Crippen LogP contribution in [-0.2, 0) is 4.79 Å². The lowest BCUT2D eigenvalue weighted by Crippen LogP contribution is -2.31. The highest BCUT2D eigenvalue weighted by Crippen LogP contribution is 2.17. The van der Waals surface area contributed by atoms with E-state index in [1.807, 2.05) is 19.1 Å². The third-order valence-corrected chi connectivity index (χ3v) is 2.21. The summed E-state index contributed by atoms with van der Waals surface area (Å²) < 4.78 is 0. The van der Waals surface area contributed by atoms with Gasteiger partial charge in [-0.1, -0.05) is 0 Å². The molecule has 15 heavy (non-hydrogen) atoms. The Bertz CT molecular complexity index is 361. The zero-order valence-corrected chi connectivity index (χ0v) is 9.24. The number of rotatable bonds is 4. The summed E-state index contributed by atoms with van der Waals surface area (Å²) in [5.41, 5.74) is 1.04. The molecule has 1 heterocycles. The van der Waals surface area contributed by atoms with Crippen molar-refractivity contribution in [2.45, 2.75) is 20.8 Å². The summed E-state index contributed by atoms with van der Waals surface area (Å²) in [5.74, 6) is -0.805. The van der Waals surface area contributed by atoms with Crippen LogP contribution in [0.2, 0.25) is 0 Å². The van der Waals surface area contributed by atoms with E-state index in [0.29, 0.717) is 6.54 Å². The zero-order chi connectivity index (χ0) is 11.5. The number of nitrogens with zero attached hydrogens (tertiary/aromatic N) is 1. The molecule has 0 amide bonds. The van der Waals surface area contributed by atoms with Gasteiger partial charge in [-0.05, 0) is 32.9 Å². The maximum atomic E-state index is 10.9. The maximum Gasteiger partial charge on any atom is 0.310 e. The molecule has 0 unspecified atom stereocenters. The second-order valence-corrected chi connectivity index (χ2v) is 4.23. The van der Waals surface area contributed by atoms with Gasteiger partial charge in [0.15, 0.2) is 0 Å². The average molecular weight is 208 g/mol. The normalized spacial score (nSPS) is 11.1. The molecule has 1 rings (SSSR count). The highest BCUT2D eigenvalue weighted by Gasteiger charge is 2.26. The lowest BCUT2D eigenvalue weighted by molar-refractivity contribution is -0.146. The second-order valence-electron chi connectivity index (χ2n) is 4.23. The number of carboxylic acids is 1. The maximum absolute atomic E-state index is 10.9. The molecule has 0 aromatic carbocycles. The van der Waals surface area contributed by atoms with E-state index >= 15 is 0 Å². The summed E-state index contributed by atoms with van der Waals surface area (Å²) in [4.78, 5) is 14.9. The van der Waals surface area contributed by atoms with E-state index in [0.717, 1.165) is 11.4 Å². The third kappa shape index (κ3) is 3.23. The Morgan fingerprint density at radius 2 is 2.27 bits per heavy atom. The average Bonchev–Trinajstić information content (AvgIpc) is 2.15. The van der Waals surface area contributed by atoms with Gasteiger partial charge < -0.3 is 10.4 Å². The Labute approximate surface area is 89.3 Å². The molecule has 82 valence electrons. The lowest BCUT2D eigenvalue weighted by atomic mass is 9.94. The fourth-order valence-corrected chi connectivity index (χ4v) is 1.05. The van der Waals surface area contributed by atoms with Gasteiger partial charge in [0.25, 0.3) is 0 Å².